The van der Waals surface area contributed by atoms with Crippen molar-refractivity contribution in [3.05, 3.63) is 59.7 Å². The summed E-state index contributed by atoms with van der Waals surface area (Å²) in [5.74, 6) is 2.15. The third kappa shape index (κ3) is 4.27. The van der Waals surface area contributed by atoms with Crippen LogP contribution < -0.4 is 0 Å². The Labute approximate surface area is 177 Å². The zero-order chi connectivity index (χ0) is 21.1. The van der Waals surface area contributed by atoms with Crippen LogP contribution >= 0.6 is 0 Å². The van der Waals surface area contributed by atoms with Gasteiger partial charge in [0.1, 0.15) is 13.2 Å². The molecule has 0 amide bonds. The lowest BCUT2D eigenvalue weighted by Crippen LogP contribution is -2.13. The number of benzene rings is 2. The highest BCUT2D eigenvalue weighted by molar-refractivity contribution is 6.00. The number of nitrogens with zero attached hydrogens (tertiary/aromatic N) is 4. The van der Waals surface area contributed by atoms with Gasteiger partial charge < -0.3 is 9.47 Å². The smallest absolute Gasteiger partial charge is 0.218 e. The molecule has 0 N–H and O–H groups in total. The van der Waals surface area contributed by atoms with Crippen molar-refractivity contribution in [3.63, 3.8) is 0 Å². The first-order valence-electron chi connectivity index (χ1n) is 10.5. The third-order valence-electron chi connectivity index (χ3n) is 5.42. The van der Waals surface area contributed by atoms with Crippen molar-refractivity contribution in [2.24, 2.45) is 32.0 Å². The molecule has 0 unspecified atom stereocenters. The summed E-state index contributed by atoms with van der Waals surface area (Å²) in [7, 11) is 0. The van der Waals surface area contributed by atoms with Gasteiger partial charge >= 0.3 is 0 Å². The van der Waals surface area contributed by atoms with Crippen LogP contribution in [0.25, 0.3) is 0 Å². The van der Waals surface area contributed by atoms with Gasteiger partial charge in [-0.15, -0.1) is 10.2 Å². The summed E-state index contributed by atoms with van der Waals surface area (Å²) in [6, 6.07) is 16.0. The summed E-state index contributed by atoms with van der Waals surface area (Å²) >= 11 is 0. The minimum atomic E-state index is 0.178. The first-order valence-corrected chi connectivity index (χ1v) is 10.5. The zero-order valence-electron chi connectivity index (χ0n) is 17.9. The van der Waals surface area contributed by atoms with Gasteiger partial charge in [-0.2, -0.15) is 0 Å². The highest BCUT2D eigenvalue weighted by Gasteiger charge is 2.25. The molecule has 2 aliphatic heterocycles. The number of azo groups is 1. The lowest BCUT2D eigenvalue weighted by molar-refractivity contribution is 0.291. The highest BCUT2D eigenvalue weighted by Crippen LogP contribution is 2.29. The van der Waals surface area contributed by atoms with Crippen LogP contribution in [0.15, 0.2) is 68.7 Å². The van der Waals surface area contributed by atoms with Crippen LogP contribution in [0.2, 0.25) is 0 Å². The molecule has 2 heterocycles. The summed E-state index contributed by atoms with van der Waals surface area (Å²) in [5, 5.41) is 9.06. The largest absolute Gasteiger partial charge is 0.475 e. The fourth-order valence-electron chi connectivity index (χ4n) is 3.35. The van der Waals surface area contributed by atoms with Gasteiger partial charge in [-0.3, -0.25) is 0 Å². The minimum Gasteiger partial charge on any atom is -0.475 e. The maximum atomic E-state index is 5.85. The molecule has 0 saturated heterocycles. The van der Waals surface area contributed by atoms with Crippen LogP contribution in [0.4, 0.5) is 11.4 Å². The number of rotatable bonds is 6. The van der Waals surface area contributed by atoms with Gasteiger partial charge in [-0.05, 0) is 36.1 Å². The van der Waals surface area contributed by atoms with Gasteiger partial charge in [0.15, 0.2) is 0 Å². The van der Waals surface area contributed by atoms with E-state index in [9.17, 15) is 0 Å². The summed E-state index contributed by atoms with van der Waals surface area (Å²) < 4.78 is 11.7. The average molecular weight is 405 g/mol. The fourth-order valence-corrected chi connectivity index (χ4v) is 3.35. The Morgan fingerprint density at radius 3 is 1.47 bits per heavy atom. The van der Waals surface area contributed by atoms with E-state index in [0.717, 1.165) is 22.5 Å². The van der Waals surface area contributed by atoms with E-state index in [1.54, 1.807) is 0 Å². The minimum absolute atomic E-state index is 0.178. The molecular weight excluding hydrogens is 376 g/mol. The Hall–Kier alpha value is -3.02. The molecule has 2 aromatic carbocycles. The van der Waals surface area contributed by atoms with Crippen molar-refractivity contribution in [1.29, 1.82) is 0 Å². The van der Waals surface area contributed by atoms with Crippen molar-refractivity contribution in [3.8, 4) is 0 Å². The van der Waals surface area contributed by atoms with Gasteiger partial charge in [0.25, 0.3) is 0 Å². The number of ether oxygens (including phenoxy) is 2. The number of aliphatic imine (C=N–C) groups is 2. The van der Waals surface area contributed by atoms with E-state index >= 15 is 0 Å². The molecule has 4 rings (SSSR count). The molecule has 2 aliphatic rings. The molecule has 0 spiro atoms. The molecule has 0 fully saturated rings. The topological polar surface area (TPSA) is 67.9 Å². The molecule has 0 saturated carbocycles. The van der Waals surface area contributed by atoms with Crippen molar-refractivity contribution >= 4 is 23.2 Å². The molecule has 0 radical (unpaired) electrons. The fraction of sp³-hybridized carbons (Fsp3) is 0.417. The van der Waals surface area contributed by atoms with E-state index in [4.69, 9.17) is 19.5 Å². The van der Waals surface area contributed by atoms with Crippen LogP contribution in [-0.4, -0.2) is 37.1 Å². The van der Waals surface area contributed by atoms with Gasteiger partial charge in [0.05, 0.1) is 34.6 Å². The monoisotopic (exact) mass is 404 g/mol. The molecule has 0 bridgehead atoms. The predicted molar refractivity (Wildman–Crippen MR) is 119 cm³/mol. The average Bonchev–Trinajstić information content (AvgIpc) is 3.43. The van der Waals surface area contributed by atoms with E-state index < -0.39 is 0 Å². The van der Waals surface area contributed by atoms with E-state index in [0.29, 0.717) is 36.8 Å². The van der Waals surface area contributed by atoms with Crippen LogP contribution in [-0.2, 0) is 9.47 Å². The van der Waals surface area contributed by atoms with Crippen molar-refractivity contribution in [2.45, 2.75) is 39.8 Å². The normalized spacial score (nSPS) is 21.1. The highest BCUT2D eigenvalue weighted by atomic mass is 16.5. The van der Waals surface area contributed by atoms with Crippen molar-refractivity contribution in [2.75, 3.05) is 13.2 Å². The molecule has 0 aliphatic carbocycles. The number of hydrogen-bond acceptors (Lipinski definition) is 6. The summed E-state index contributed by atoms with van der Waals surface area (Å²) in [4.78, 5) is 9.46. The standard InChI is InChI=1S/C24H28N4O2/c1-15(2)21-13-29-23(25-21)17-9-5-7-11-19(17)27-28-20-12-8-6-10-18(20)24-26-22(14-30-24)16(3)4/h5-12,15-16,21-22H,13-14H2,1-4H3/t21-,22-/m1/s1. The summed E-state index contributed by atoms with van der Waals surface area (Å²) in [5.41, 5.74) is 3.17. The SMILES string of the molecule is CC(C)[C@H]1COC(c2ccccc2N=Nc2ccccc2C2=N[C@@H](C(C)C)CO2)=N1. The van der Waals surface area contributed by atoms with Gasteiger partial charge in [-0.25, -0.2) is 9.98 Å². The number of hydrogen-bond donors (Lipinski definition) is 0. The van der Waals surface area contributed by atoms with Crippen molar-refractivity contribution in [1.82, 2.24) is 0 Å². The van der Waals surface area contributed by atoms with Gasteiger partial charge in [-0.1, -0.05) is 52.0 Å². The summed E-state index contributed by atoms with van der Waals surface area (Å²) in [6.45, 7) is 9.83. The zero-order valence-corrected chi connectivity index (χ0v) is 17.9. The Kier molecular flexibility index (Phi) is 5.93. The molecule has 30 heavy (non-hydrogen) atoms. The van der Waals surface area contributed by atoms with Crippen LogP contribution in [0.3, 0.4) is 0 Å². The summed E-state index contributed by atoms with van der Waals surface area (Å²) in [6.07, 6.45) is 0. The predicted octanol–water partition coefficient (Wildman–Crippen LogP) is 5.70. The Bertz CT molecular complexity index is 915. The van der Waals surface area contributed by atoms with E-state index in [2.05, 4.69) is 37.9 Å². The van der Waals surface area contributed by atoms with Crippen molar-refractivity contribution < 1.29 is 9.47 Å². The van der Waals surface area contributed by atoms with E-state index in [1.165, 1.54) is 0 Å². The Balaban J connectivity index is 1.62. The molecule has 6 heteroatoms. The second-order valence-corrected chi connectivity index (χ2v) is 8.35. The van der Waals surface area contributed by atoms with Crippen LogP contribution in [0.1, 0.15) is 38.8 Å². The molecule has 0 aromatic heterocycles. The lowest BCUT2D eigenvalue weighted by Gasteiger charge is -2.06. The first kappa shape index (κ1) is 20.3. The van der Waals surface area contributed by atoms with Gasteiger partial charge in [0, 0.05) is 0 Å². The van der Waals surface area contributed by atoms with Gasteiger partial charge in [0.2, 0.25) is 11.8 Å². The molecule has 2 atom stereocenters. The quantitative estimate of drug-likeness (QED) is 0.579. The molecular formula is C24H28N4O2. The second-order valence-electron chi connectivity index (χ2n) is 8.35. The first-order chi connectivity index (χ1) is 14.5. The maximum Gasteiger partial charge on any atom is 0.218 e. The second kappa shape index (κ2) is 8.78. The molecule has 156 valence electrons. The van der Waals surface area contributed by atoms with E-state index in [1.807, 2.05) is 48.5 Å². The molecule has 2 aromatic rings. The van der Waals surface area contributed by atoms with Crippen LogP contribution in [0.5, 0.6) is 0 Å². The third-order valence-corrected chi connectivity index (χ3v) is 5.42. The van der Waals surface area contributed by atoms with Crippen LogP contribution in [0, 0.1) is 11.8 Å². The maximum absolute atomic E-state index is 5.85. The lowest BCUT2D eigenvalue weighted by atomic mass is 10.1. The van der Waals surface area contributed by atoms with E-state index in [-0.39, 0.29) is 12.1 Å². The Morgan fingerprint density at radius 1 is 0.700 bits per heavy atom. The molecule has 6 nitrogen and oxygen atoms in total. The Morgan fingerprint density at radius 2 is 1.10 bits per heavy atom.